The summed E-state index contributed by atoms with van der Waals surface area (Å²) in [5.74, 6) is -3.81. The number of urea groups is 1. The molecule has 4 rings (SSSR count). The number of nitrogens with zero attached hydrogens (tertiary/aromatic N) is 4. The molecule has 0 aromatic heterocycles. The fraction of sp³-hybridized carbons (Fsp3) is 0.333. The van der Waals surface area contributed by atoms with Crippen molar-refractivity contribution in [1.82, 2.24) is 25.1 Å². The average molecular weight is 542 g/mol. The Kier molecular flexibility index (Phi) is 8.55. The second-order valence-corrected chi connectivity index (χ2v) is 9.31. The highest BCUT2D eigenvalue weighted by atomic mass is 19.1. The number of aliphatic carboxylic acids is 1. The zero-order chi connectivity index (χ0) is 28.1. The molecule has 2 aliphatic heterocycles. The van der Waals surface area contributed by atoms with Gasteiger partial charge in [-0.15, -0.1) is 6.58 Å². The lowest BCUT2D eigenvalue weighted by molar-refractivity contribution is -0.190. The number of fused-ring (bicyclic) bond motifs is 1. The standard InChI is InChI=1S/C27H29F2N5O5/c1-2-12-32-17-24(35)33-22(10-11-25(36)37)26(38)31(15-19-8-9-20(28)13-21(19)29)16-23(33)34(32)27(39)30-14-18-6-4-3-5-7-18/h2-9,13,22-23H,1,10-12,14-17H2,(H,30,39)(H,36,37)/t22-,23-/m0/s1. The van der Waals surface area contributed by atoms with Crippen LogP contribution in [0.4, 0.5) is 13.6 Å². The maximum Gasteiger partial charge on any atom is 0.334 e. The summed E-state index contributed by atoms with van der Waals surface area (Å²) in [4.78, 5) is 54.2. The van der Waals surface area contributed by atoms with Crippen LogP contribution in [-0.4, -0.2) is 80.6 Å². The van der Waals surface area contributed by atoms with Gasteiger partial charge < -0.3 is 20.2 Å². The number of amides is 4. The number of hydrogen-bond acceptors (Lipinski definition) is 5. The van der Waals surface area contributed by atoms with Gasteiger partial charge in [0.2, 0.25) is 11.8 Å². The molecule has 0 aliphatic carbocycles. The molecule has 206 valence electrons. The van der Waals surface area contributed by atoms with E-state index in [1.807, 2.05) is 30.3 Å². The Balaban J connectivity index is 1.67. The molecule has 2 aromatic carbocycles. The summed E-state index contributed by atoms with van der Waals surface area (Å²) in [6.45, 7) is 3.40. The molecule has 2 N–H and O–H groups in total. The topological polar surface area (TPSA) is 114 Å². The van der Waals surface area contributed by atoms with E-state index in [0.717, 1.165) is 11.6 Å². The van der Waals surface area contributed by atoms with Crippen LogP contribution >= 0.6 is 0 Å². The molecule has 0 spiro atoms. The monoisotopic (exact) mass is 541 g/mol. The number of carbonyl (C=O) groups is 4. The summed E-state index contributed by atoms with van der Waals surface area (Å²) < 4.78 is 28.0. The third-order valence-corrected chi connectivity index (χ3v) is 6.67. The van der Waals surface area contributed by atoms with E-state index in [4.69, 9.17) is 0 Å². The lowest BCUT2D eigenvalue weighted by Crippen LogP contribution is -2.76. The number of hydrazine groups is 1. The van der Waals surface area contributed by atoms with Gasteiger partial charge in [-0.25, -0.2) is 23.6 Å². The van der Waals surface area contributed by atoms with Crippen molar-refractivity contribution in [2.45, 2.75) is 38.1 Å². The first-order valence-electron chi connectivity index (χ1n) is 12.4. The number of carboxylic acids is 1. The lowest BCUT2D eigenvalue weighted by Gasteiger charge is -2.55. The fourth-order valence-corrected chi connectivity index (χ4v) is 4.89. The molecule has 39 heavy (non-hydrogen) atoms. The fourth-order valence-electron chi connectivity index (χ4n) is 4.89. The number of benzene rings is 2. The first-order chi connectivity index (χ1) is 18.7. The molecule has 2 atom stereocenters. The number of carboxylic acid groups (broad SMARTS) is 1. The maximum absolute atomic E-state index is 14.5. The van der Waals surface area contributed by atoms with E-state index < -0.39 is 54.1 Å². The molecule has 10 nitrogen and oxygen atoms in total. The van der Waals surface area contributed by atoms with Crippen LogP contribution in [0.1, 0.15) is 24.0 Å². The zero-order valence-corrected chi connectivity index (χ0v) is 21.1. The third kappa shape index (κ3) is 6.23. The van der Waals surface area contributed by atoms with Gasteiger partial charge in [0.05, 0.1) is 13.1 Å². The number of nitrogens with one attached hydrogen (secondary N) is 1. The van der Waals surface area contributed by atoms with Gasteiger partial charge in [0.15, 0.2) is 0 Å². The van der Waals surface area contributed by atoms with Crippen LogP contribution in [0.3, 0.4) is 0 Å². The van der Waals surface area contributed by atoms with Gasteiger partial charge in [-0.2, -0.15) is 0 Å². The smallest absolute Gasteiger partial charge is 0.334 e. The zero-order valence-electron chi connectivity index (χ0n) is 21.1. The van der Waals surface area contributed by atoms with Crippen molar-refractivity contribution in [3.8, 4) is 0 Å². The third-order valence-electron chi connectivity index (χ3n) is 6.67. The number of hydrogen-bond donors (Lipinski definition) is 2. The van der Waals surface area contributed by atoms with E-state index in [0.29, 0.717) is 6.07 Å². The quantitative estimate of drug-likeness (QED) is 0.471. The minimum Gasteiger partial charge on any atom is -0.481 e. The second kappa shape index (κ2) is 12.0. The largest absolute Gasteiger partial charge is 0.481 e. The van der Waals surface area contributed by atoms with Gasteiger partial charge in [0.1, 0.15) is 23.8 Å². The summed E-state index contributed by atoms with van der Waals surface area (Å²) in [6.07, 6.45) is -0.0637. The Morgan fingerprint density at radius 1 is 1.13 bits per heavy atom. The van der Waals surface area contributed by atoms with Crippen LogP contribution in [-0.2, 0) is 27.5 Å². The Morgan fingerprint density at radius 2 is 1.87 bits per heavy atom. The Labute approximate surface area is 224 Å². The van der Waals surface area contributed by atoms with Gasteiger partial charge in [-0.3, -0.25) is 14.4 Å². The first kappa shape index (κ1) is 27.7. The highest BCUT2D eigenvalue weighted by Crippen LogP contribution is 2.30. The van der Waals surface area contributed by atoms with Crippen LogP contribution in [0.25, 0.3) is 0 Å². The number of halogens is 2. The molecule has 2 saturated heterocycles. The van der Waals surface area contributed by atoms with E-state index in [1.54, 1.807) is 0 Å². The molecule has 0 bridgehead atoms. The van der Waals surface area contributed by atoms with E-state index in [1.165, 1.54) is 32.0 Å². The van der Waals surface area contributed by atoms with Crippen LogP contribution < -0.4 is 5.32 Å². The SMILES string of the molecule is C=CCN1CC(=O)N2[C@@H](CCC(=O)O)C(=O)N(Cc3ccc(F)cc3F)C[C@@H]2N1C(=O)NCc1ccccc1. The molecule has 0 unspecified atom stereocenters. The van der Waals surface area contributed by atoms with Crippen molar-refractivity contribution in [1.29, 1.82) is 0 Å². The number of rotatable bonds is 9. The lowest BCUT2D eigenvalue weighted by atomic mass is 10.0. The van der Waals surface area contributed by atoms with E-state index in [2.05, 4.69) is 11.9 Å². The van der Waals surface area contributed by atoms with Gasteiger partial charge in [-0.05, 0) is 18.1 Å². The molecule has 12 heteroatoms. The number of piperazine rings is 1. The van der Waals surface area contributed by atoms with E-state index in [-0.39, 0.29) is 44.7 Å². The minimum atomic E-state index is -1.19. The Bertz CT molecular complexity index is 1260. The van der Waals surface area contributed by atoms with Gasteiger partial charge >= 0.3 is 12.0 Å². The molecule has 2 aliphatic rings. The predicted molar refractivity (Wildman–Crippen MR) is 135 cm³/mol. The molecule has 2 fully saturated rings. The summed E-state index contributed by atoms with van der Waals surface area (Å²) in [7, 11) is 0. The predicted octanol–water partition coefficient (Wildman–Crippen LogP) is 2.32. The number of carbonyl (C=O) groups excluding carboxylic acids is 3. The van der Waals surface area contributed by atoms with Gasteiger partial charge in [0.25, 0.3) is 0 Å². The van der Waals surface area contributed by atoms with Gasteiger partial charge in [0, 0.05) is 37.7 Å². The van der Waals surface area contributed by atoms with Crippen molar-refractivity contribution >= 4 is 23.8 Å². The van der Waals surface area contributed by atoms with Gasteiger partial charge in [-0.1, -0.05) is 42.5 Å². The van der Waals surface area contributed by atoms with Crippen molar-refractivity contribution in [3.63, 3.8) is 0 Å². The highest BCUT2D eigenvalue weighted by molar-refractivity contribution is 5.91. The summed E-state index contributed by atoms with van der Waals surface area (Å²) in [5.41, 5.74) is 0.887. The first-order valence-corrected chi connectivity index (χ1v) is 12.4. The molecular weight excluding hydrogens is 512 g/mol. The molecule has 0 saturated carbocycles. The second-order valence-electron chi connectivity index (χ2n) is 9.31. The summed E-state index contributed by atoms with van der Waals surface area (Å²) in [5, 5.41) is 14.9. The van der Waals surface area contributed by atoms with Crippen LogP contribution in [0.15, 0.2) is 61.2 Å². The molecule has 2 heterocycles. The summed E-state index contributed by atoms with van der Waals surface area (Å²) >= 11 is 0. The Morgan fingerprint density at radius 3 is 2.54 bits per heavy atom. The van der Waals surface area contributed by atoms with E-state index in [9.17, 15) is 33.1 Å². The van der Waals surface area contributed by atoms with Crippen LogP contribution in [0.5, 0.6) is 0 Å². The highest BCUT2D eigenvalue weighted by Gasteiger charge is 2.51. The molecule has 4 amide bonds. The summed E-state index contributed by atoms with van der Waals surface area (Å²) in [6, 6.07) is 10.5. The van der Waals surface area contributed by atoms with Crippen molar-refractivity contribution in [3.05, 3.63) is 83.9 Å². The van der Waals surface area contributed by atoms with Crippen LogP contribution in [0.2, 0.25) is 0 Å². The normalized spacial score (nSPS) is 19.6. The average Bonchev–Trinajstić information content (AvgIpc) is 2.89. The van der Waals surface area contributed by atoms with E-state index >= 15 is 0 Å². The molecule has 0 radical (unpaired) electrons. The van der Waals surface area contributed by atoms with Crippen LogP contribution in [0, 0.1) is 11.6 Å². The van der Waals surface area contributed by atoms with Crippen molar-refractivity contribution in [2.75, 3.05) is 19.6 Å². The van der Waals surface area contributed by atoms with Crippen molar-refractivity contribution in [2.24, 2.45) is 0 Å². The van der Waals surface area contributed by atoms with Crippen molar-refractivity contribution < 1.29 is 33.1 Å². The Hall–Kier alpha value is -4.32. The molecular formula is C27H29F2N5O5. The minimum absolute atomic E-state index is 0.0420. The molecule has 2 aromatic rings. The maximum atomic E-state index is 14.5.